The maximum Gasteiger partial charge on any atom is 0.217 e. The van der Waals surface area contributed by atoms with Crippen LogP contribution < -0.4 is 6.15 Å². The molecular formula is C9H23NO4S. The Hall–Kier alpha value is -0.170. The van der Waals surface area contributed by atoms with E-state index in [2.05, 4.69) is 18.0 Å². The van der Waals surface area contributed by atoms with Gasteiger partial charge in [-0.15, -0.1) is 0 Å². The molecule has 0 aliphatic rings. The fourth-order valence-electron chi connectivity index (χ4n) is 1.33. The van der Waals surface area contributed by atoms with Crippen LogP contribution >= 0.6 is 0 Å². The number of hydrogen-bond acceptors (Lipinski definition) is 4. The third-order valence-corrected chi connectivity index (χ3v) is 2.71. The zero-order valence-electron chi connectivity index (χ0n) is 10.2. The van der Waals surface area contributed by atoms with Crippen LogP contribution in [0.3, 0.4) is 0 Å². The molecule has 4 N–H and O–H groups in total. The van der Waals surface area contributed by atoms with Gasteiger partial charge in [0, 0.05) is 0 Å². The summed E-state index contributed by atoms with van der Waals surface area (Å²) in [6, 6.07) is 0. The minimum Gasteiger partial charge on any atom is -0.726 e. The van der Waals surface area contributed by atoms with Gasteiger partial charge >= 0.3 is 0 Å². The first-order valence-corrected chi connectivity index (χ1v) is 6.16. The van der Waals surface area contributed by atoms with E-state index in [-0.39, 0.29) is 18.7 Å². The Kier molecular flexibility index (Phi) is 8.23. The molecule has 0 fully saturated rings. The van der Waals surface area contributed by atoms with Crippen LogP contribution in [-0.2, 0) is 14.6 Å². The quantitative estimate of drug-likeness (QED) is 0.568. The van der Waals surface area contributed by atoms with Crippen molar-refractivity contribution in [3.8, 4) is 0 Å². The average molecular weight is 241 g/mol. The first-order valence-electron chi connectivity index (χ1n) is 4.82. The molecule has 0 spiro atoms. The lowest BCUT2D eigenvalue weighted by Gasteiger charge is -2.21. The highest BCUT2D eigenvalue weighted by atomic mass is 32.3. The van der Waals surface area contributed by atoms with Gasteiger partial charge in [-0.05, 0) is 24.2 Å². The highest BCUT2D eigenvalue weighted by Gasteiger charge is 2.14. The summed E-state index contributed by atoms with van der Waals surface area (Å²) in [6.07, 6.45) is 1.00. The normalized spacial score (nSPS) is 15.9. The molecule has 2 unspecified atom stereocenters. The van der Waals surface area contributed by atoms with Crippen LogP contribution in [0.2, 0.25) is 0 Å². The maximum absolute atomic E-state index is 10.2. The summed E-state index contributed by atoms with van der Waals surface area (Å²) in [5.74, 6) is 1.01. The molecule has 0 aromatic heterocycles. The molecule has 0 rings (SSSR count). The van der Waals surface area contributed by atoms with Gasteiger partial charge in [-0.25, -0.2) is 8.42 Å². The molecule has 0 saturated carbocycles. The summed E-state index contributed by atoms with van der Waals surface area (Å²) < 4.78 is 34.8. The first kappa shape index (κ1) is 17.2. The van der Waals surface area contributed by atoms with E-state index in [4.69, 9.17) is 0 Å². The Morgan fingerprint density at radius 1 is 1.13 bits per heavy atom. The highest BCUT2D eigenvalue weighted by Crippen LogP contribution is 2.20. The highest BCUT2D eigenvalue weighted by molar-refractivity contribution is 7.80. The monoisotopic (exact) mass is 241 g/mol. The topological polar surface area (TPSA) is 103 Å². The Morgan fingerprint density at radius 3 is 1.93 bits per heavy atom. The summed E-state index contributed by atoms with van der Waals surface area (Å²) in [7, 11) is -4.53. The standard InChI is InChI=1S/C9H20O4S.H3N/c1-7(2)5-8(3)9(4)6-13-14(10,11)12;/h7-9H,5-6H2,1-4H3,(H,10,11,12);1H3. The molecule has 15 heavy (non-hydrogen) atoms. The Morgan fingerprint density at radius 2 is 1.60 bits per heavy atom. The fourth-order valence-corrected chi connectivity index (χ4v) is 1.71. The summed E-state index contributed by atoms with van der Waals surface area (Å²) in [5, 5.41) is 0. The van der Waals surface area contributed by atoms with Crippen LogP contribution in [0.1, 0.15) is 34.1 Å². The Balaban J connectivity index is 0. The molecule has 0 saturated heterocycles. The largest absolute Gasteiger partial charge is 0.726 e. The van der Waals surface area contributed by atoms with Crippen LogP contribution in [0.25, 0.3) is 0 Å². The van der Waals surface area contributed by atoms with Crippen molar-refractivity contribution in [3.63, 3.8) is 0 Å². The molecular weight excluding hydrogens is 218 g/mol. The van der Waals surface area contributed by atoms with E-state index < -0.39 is 10.4 Å². The molecule has 0 heterocycles. The van der Waals surface area contributed by atoms with E-state index >= 15 is 0 Å². The van der Waals surface area contributed by atoms with Crippen LogP contribution in [0.15, 0.2) is 0 Å². The van der Waals surface area contributed by atoms with Gasteiger partial charge < -0.3 is 10.7 Å². The molecule has 0 aromatic rings. The van der Waals surface area contributed by atoms with E-state index in [9.17, 15) is 13.0 Å². The van der Waals surface area contributed by atoms with Crippen LogP contribution in [0, 0.1) is 17.8 Å². The van der Waals surface area contributed by atoms with E-state index in [1.165, 1.54) is 0 Å². The van der Waals surface area contributed by atoms with Crippen molar-refractivity contribution in [1.82, 2.24) is 6.15 Å². The van der Waals surface area contributed by atoms with Gasteiger partial charge in [-0.2, -0.15) is 0 Å². The summed E-state index contributed by atoms with van der Waals surface area (Å²) in [4.78, 5) is 0. The Bertz CT molecular complexity index is 251. The molecule has 0 amide bonds. The van der Waals surface area contributed by atoms with Crippen LogP contribution in [0.4, 0.5) is 0 Å². The minimum atomic E-state index is -4.53. The smallest absolute Gasteiger partial charge is 0.217 e. The van der Waals surface area contributed by atoms with Gasteiger partial charge in [-0.3, -0.25) is 4.18 Å². The van der Waals surface area contributed by atoms with Crippen molar-refractivity contribution >= 4 is 10.4 Å². The van der Waals surface area contributed by atoms with E-state index in [0.29, 0.717) is 11.8 Å². The van der Waals surface area contributed by atoms with E-state index in [0.717, 1.165) is 6.42 Å². The van der Waals surface area contributed by atoms with Crippen molar-refractivity contribution in [3.05, 3.63) is 0 Å². The zero-order valence-corrected chi connectivity index (χ0v) is 11.0. The lowest BCUT2D eigenvalue weighted by atomic mass is 9.89. The average Bonchev–Trinajstić information content (AvgIpc) is 1.97. The van der Waals surface area contributed by atoms with Gasteiger partial charge in [0.2, 0.25) is 10.4 Å². The molecule has 0 radical (unpaired) electrons. The third-order valence-electron chi connectivity index (χ3n) is 2.29. The van der Waals surface area contributed by atoms with Crippen molar-refractivity contribution in [2.75, 3.05) is 6.61 Å². The van der Waals surface area contributed by atoms with Gasteiger partial charge in [-0.1, -0.05) is 27.7 Å². The fraction of sp³-hybridized carbons (Fsp3) is 1.00. The summed E-state index contributed by atoms with van der Waals surface area (Å²) >= 11 is 0. The summed E-state index contributed by atoms with van der Waals surface area (Å²) in [5.41, 5.74) is 0. The molecule has 2 atom stereocenters. The zero-order chi connectivity index (χ0) is 11.4. The molecule has 94 valence electrons. The SMILES string of the molecule is CC(C)CC(C)C(C)COS(=O)(=O)[O-].[NH4+]. The lowest BCUT2D eigenvalue weighted by Crippen LogP contribution is -2.18. The van der Waals surface area contributed by atoms with Crippen LogP contribution in [0.5, 0.6) is 0 Å². The van der Waals surface area contributed by atoms with Gasteiger partial charge in [0.1, 0.15) is 0 Å². The Labute approximate surface area is 92.7 Å². The molecule has 0 bridgehead atoms. The van der Waals surface area contributed by atoms with E-state index in [1.807, 2.05) is 13.8 Å². The number of quaternary nitrogens is 1. The molecule has 0 aliphatic carbocycles. The van der Waals surface area contributed by atoms with Crippen molar-refractivity contribution < 1.29 is 17.2 Å². The first-order chi connectivity index (χ1) is 6.22. The van der Waals surface area contributed by atoms with Gasteiger partial charge in [0.15, 0.2) is 0 Å². The molecule has 0 aromatic carbocycles. The summed E-state index contributed by atoms with van der Waals surface area (Å²) in [6.45, 7) is 8.12. The molecule has 0 aliphatic heterocycles. The second-order valence-electron chi connectivity index (χ2n) is 4.28. The van der Waals surface area contributed by atoms with Crippen molar-refractivity contribution in [2.24, 2.45) is 17.8 Å². The number of hydrogen-bond donors (Lipinski definition) is 1. The molecule has 5 nitrogen and oxygen atoms in total. The predicted molar refractivity (Wildman–Crippen MR) is 59.4 cm³/mol. The second-order valence-corrected chi connectivity index (χ2v) is 5.33. The van der Waals surface area contributed by atoms with Crippen molar-refractivity contribution in [1.29, 1.82) is 0 Å². The third kappa shape index (κ3) is 10.1. The van der Waals surface area contributed by atoms with Crippen molar-refractivity contribution in [2.45, 2.75) is 34.1 Å². The van der Waals surface area contributed by atoms with Gasteiger partial charge in [0.05, 0.1) is 6.61 Å². The van der Waals surface area contributed by atoms with Gasteiger partial charge in [0.25, 0.3) is 0 Å². The predicted octanol–water partition coefficient (Wildman–Crippen LogP) is 2.16. The lowest BCUT2D eigenvalue weighted by molar-refractivity contribution is 0.183. The van der Waals surface area contributed by atoms with Crippen LogP contribution in [-0.4, -0.2) is 19.6 Å². The molecule has 6 heteroatoms. The van der Waals surface area contributed by atoms with E-state index in [1.54, 1.807) is 0 Å². The second kappa shape index (κ2) is 7.16. The number of rotatable bonds is 6. The maximum atomic E-state index is 10.2. The minimum absolute atomic E-state index is 0.